The molecule has 0 bridgehead atoms. The van der Waals surface area contributed by atoms with Crippen LogP contribution in [0.2, 0.25) is 0 Å². The minimum Gasteiger partial charge on any atom is -0.465 e. The first-order valence-electron chi connectivity index (χ1n) is 7.01. The third-order valence-electron chi connectivity index (χ3n) is 3.39. The van der Waals surface area contributed by atoms with Gasteiger partial charge in [-0.05, 0) is 19.1 Å². The Morgan fingerprint density at radius 3 is 2.75 bits per heavy atom. The molecule has 2 rings (SSSR count). The van der Waals surface area contributed by atoms with Crippen molar-refractivity contribution < 1.29 is 9.53 Å². The molecule has 1 unspecified atom stereocenters. The zero-order valence-corrected chi connectivity index (χ0v) is 11.9. The Kier molecular flexibility index (Phi) is 5.31. The zero-order valence-electron chi connectivity index (χ0n) is 11.9. The van der Waals surface area contributed by atoms with E-state index < -0.39 is 6.04 Å². The predicted octanol–water partition coefficient (Wildman–Crippen LogP) is 0.0940. The Hall–Kier alpha value is -1.66. The van der Waals surface area contributed by atoms with E-state index in [0.717, 1.165) is 32.0 Å². The molecule has 1 aromatic rings. The number of rotatable bonds is 5. The summed E-state index contributed by atoms with van der Waals surface area (Å²) in [5.74, 6) is 0.682. The highest BCUT2D eigenvalue weighted by Gasteiger charge is 2.22. The van der Waals surface area contributed by atoms with E-state index in [1.807, 2.05) is 18.2 Å². The summed E-state index contributed by atoms with van der Waals surface area (Å²) in [7, 11) is 0. The van der Waals surface area contributed by atoms with Crippen molar-refractivity contribution in [2.24, 2.45) is 5.73 Å². The fraction of sp³-hybridized carbons (Fsp3) is 0.571. The van der Waals surface area contributed by atoms with E-state index in [9.17, 15) is 4.79 Å². The number of hydrogen-bond acceptors (Lipinski definition) is 6. The van der Waals surface area contributed by atoms with E-state index in [0.29, 0.717) is 13.2 Å². The molecule has 2 heterocycles. The van der Waals surface area contributed by atoms with Crippen molar-refractivity contribution in [3.05, 3.63) is 24.4 Å². The number of carbonyl (C=O) groups excluding carboxylic acids is 1. The van der Waals surface area contributed by atoms with Crippen LogP contribution < -0.4 is 10.6 Å². The highest BCUT2D eigenvalue weighted by Crippen LogP contribution is 2.12. The Labute approximate surface area is 119 Å². The second-order valence-corrected chi connectivity index (χ2v) is 4.83. The van der Waals surface area contributed by atoms with Crippen LogP contribution in [-0.2, 0) is 9.53 Å². The molecule has 1 aromatic heterocycles. The van der Waals surface area contributed by atoms with Crippen molar-refractivity contribution in [3.63, 3.8) is 0 Å². The van der Waals surface area contributed by atoms with Crippen LogP contribution in [0.4, 0.5) is 5.82 Å². The number of ether oxygens (including phenoxy) is 1. The van der Waals surface area contributed by atoms with Gasteiger partial charge in [0.2, 0.25) is 0 Å². The summed E-state index contributed by atoms with van der Waals surface area (Å²) in [6.45, 7) is 6.26. The van der Waals surface area contributed by atoms with Crippen molar-refractivity contribution in [1.82, 2.24) is 9.88 Å². The summed E-state index contributed by atoms with van der Waals surface area (Å²) >= 11 is 0. The van der Waals surface area contributed by atoms with Gasteiger partial charge in [0, 0.05) is 38.9 Å². The zero-order chi connectivity index (χ0) is 14.4. The Morgan fingerprint density at radius 2 is 2.15 bits per heavy atom. The number of hydrogen-bond donors (Lipinski definition) is 1. The lowest BCUT2D eigenvalue weighted by Crippen LogP contribution is -2.52. The number of nitrogens with zero attached hydrogens (tertiary/aromatic N) is 3. The number of anilines is 1. The summed E-state index contributed by atoms with van der Waals surface area (Å²) in [4.78, 5) is 20.3. The highest BCUT2D eigenvalue weighted by atomic mass is 16.5. The van der Waals surface area contributed by atoms with Gasteiger partial charge in [0.05, 0.1) is 6.61 Å². The smallest absolute Gasteiger partial charge is 0.324 e. The van der Waals surface area contributed by atoms with Crippen molar-refractivity contribution in [1.29, 1.82) is 0 Å². The molecule has 1 fully saturated rings. The van der Waals surface area contributed by atoms with E-state index in [1.165, 1.54) is 0 Å². The van der Waals surface area contributed by atoms with Crippen molar-refractivity contribution in [2.75, 3.05) is 44.2 Å². The lowest BCUT2D eigenvalue weighted by Gasteiger charge is -2.36. The molecule has 0 saturated carbocycles. The largest absolute Gasteiger partial charge is 0.465 e. The van der Waals surface area contributed by atoms with Gasteiger partial charge in [-0.3, -0.25) is 9.69 Å². The Bertz CT molecular complexity index is 418. The molecule has 0 aliphatic carbocycles. The molecule has 20 heavy (non-hydrogen) atoms. The van der Waals surface area contributed by atoms with Crippen LogP contribution in [0.25, 0.3) is 0 Å². The SMILES string of the molecule is CCOC(=O)C(N)CN1CCN(c2ccccn2)CC1. The monoisotopic (exact) mass is 278 g/mol. The average Bonchev–Trinajstić information content (AvgIpc) is 2.49. The van der Waals surface area contributed by atoms with Crippen LogP contribution in [0.3, 0.4) is 0 Å². The Balaban J connectivity index is 1.78. The molecule has 1 aliphatic rings. The minimum atomic E-state index is -0.559. The molecule has 1 atom stereocenters. The molecule has 6 heteroatoms. The number of carbonyl (C=O) groups is 1. The van der Waals surface area contributed by atoms with E-state index in [2.05, 4.69) is 14.8 Å². The first-order chi connectivity index (χ1) is 9.70. The number of esters is 1. The Morgan fingerprint density at radius 1 is 1.40 bits per heavy atom. The van der Waals surface area contributed by atoms with Gasteiger partial charge in [-0.25, -0.2) is 4.98 Å². The summed E-state index contributed by atoms with van der Waals surface area (Å²) in [6, 6.07) is 5.36. The van der Waals surface area contributed by atoms with Crippen LogP contribution in [0.5, 0.6) is 0 Å². The second kappa shape index (κ2) is 7.21. The standard InChI is InChI=1S/C14H22N4O2/c1-2-20-14(19)12(15)11-17-7-9-18(10-8-17)13-5-3-4-6-16-13/h3-6,12H,2,7-11,15H2,1H3. The second-order valence-electron chi connectivity index (χ2n) is 4.83. The summed E-state index contributed by atoms with van der Waals surface area (Å²) in [5, 5.41) is 0. The maximum atomic E-state index is 11.5. The molecule has 6 nitrogen and oxygen atoms in total. The van der Waals surface area contributed by atoms with Crippen LogP contribution in [0.1, 0.15) is 6.92 Å². The van der Waals surface area contributed by atoms with Crippen molar-refractivity contribution >= 4 is 11.8 Å². The molecule has 110 valence electrons. The molecule has 1 saturated heterocycles. The summed E-state index contributed by atoms with van der Waals surface area (Å²) < 4.78 is 4.92. The maximum Gasteiger partial charge on any atom is 0.324 e. The van der Waals surface area contributed by atoms with E-state index in [1.54, 1.807) is 13.1 Å². The number of nitrogens with two attached hydrogens (primary N) is 1. The van der Waals surface area contributed by atoms with Crippen LogP contribution in [-0.4, -0.2) is 61.2 Å². The van der Waals surface area contributed by atoms with E-state index in [-0.39, 0.29) is 5.97 Å². The number of piperazine rings is 1. The molecule has 0 aromatic carbocycles. The lowest BCUT2D eigenvalue weighted by atomic mass is 10.2. The number of aromatic nitrogens is 1. The third kappa shape index (κ3) is 3.91. The van der Waals surface area contributed by atoms with Crippen molar-refractivity contribution in [3.8, 4) is 0 Å². The van der Waals surface area contributed by atoms with Gasteiger partial charge in [0.15, 0.2) is 0 Å². The normalized spacial score (nSPS) is 17.8. The lowest BCUT2D eigenvalue weighted by molar-refractivity contribution is -0.145. The van der Waals surface area contributed by atoms with Crippen LogP contribution in [0, 0.1) is 0 Å². The fourth-order valence-corrected chi connectivity index (χ4v) is 2.30. The molecular weight excluding hydrogens is 256 g/mol. The van der Waals surface area contributed by atoms with Gasteiger partial charge in [-0.2, -0.15) is 0 Å². The molecule has 1 aliphatic heterocycles. The summed E-state index contributed by atoms with van der Waals surface area (Å²) in [6.07, 6.45) is 1.80. The summed E-state index contributed by atoms with van der Waals surface area (Å²) in [5.41, 5.74) is 5.84. The third-order valence-corrected chi connectivity index (χ3v) is 3.39. The topological polar surface area (TPSA) is 71.7 Å². The van der Waals surface area contributed by atoms with Crippen LogP contribution in [0.15, 0.2) is 24.4 Å². The number of pyridine rings is 1. The van der Waals surface area contributed by atoms with Gasteiger partial charge in [0.1, 0.15) is 11.9 Å². The van der Waals surface area contributed by atoms with Crippen LogP contribution >= 0.6 is 0 Å². The minimum absolute atomic E-state index is 0.320. The van der Waals surface area contributed by atoms with E-state index >= 15 is 0 Å². The molecule has 0 spiro atoms. The van der Waals surface area contributed by atoms with Gasteiger partial charge < -0.3 is 15.4 Å². The van der Waals surface area contributed by atoms with Gasteiger partial charge in [-0.1, -0.05) is 6.07 Å². The predicted molar refractivity (Wildman–Crippen MR) is 77.5 cm³/mol. The quantitative estimate of drug-likeness (QED) is 0.770. The van der Waals surface area contributed by atoms with Gasteiger partial charge in [-0.15, -0.1) is 0 Å². The first kappa shape index (κ1) is 14.7. The average molecular weight is 278 g/mol. The molecular formula is C14H22N4O2. The highest BCUT2D eigenvalue weighted by molar-refractivity contribution is 5.75. The molecule has 0 amide bonds. The first-order valence-corrected chi connectivity index (χ1v) is 7.01. The molecule has 0 radical (unpaired) electrons. The maximum absolute atomic E-state index is 11.5. The van der Waals surface area contributed by atoms with E-state index in [4.69, 9.17) is 10.5 Å². The van der Waals surface area contributed by atoms with Crippen molar-refractivity contribution in [2.45, 2.75) is 13.0 Å². The molecule has 2 N–H and O–H groups in total. The van der Waals surface area contributed by atoms with Gasteiger partial charge >= 0.3 is 5.97 Å². The fourth-order valence-electron chi connectivity index (χ4n) is 2.30. The van der Waals surface area contributed by atoms with Gasteiger partial charge in [0.25, 0.3) is 0 Å².